The number of para-hydroxylation sites is 1. The number of aromatic nitrogens is 2. The number of methoxy groups -OCH3 is 1. The van der Waals surface area contributed by atoms with E-state index < -0.39 is 17.2 Å². The molecule has 1 aromatic heterocycles. The van der Waals surface area contributed by atoms with E-state index in [1.165, 1.54) is 13.3 Å². The number of hydrogen-bond acceptors (Lipinski definition) is 6. The number of nitrogens with one attached hydrogen (secondary N) is 1. The summed E-state index contributed by atoms with van der Waals surface area (Å²) in [5, 5.41) is 4.41. The molecule has 0 fully saturated rings. The van der Waals surface area contributed by atoms with Crippen LogP contribution in [-0.4, -0.2) is 35.6 Å². The largest absolute Gasteiger partial charge is 0.480 e. The summed E-state index contributed by atoms with van der Waals surface area (Å²) < 4.78 is 12.3. The molecule has 0 spiro atoms. The first-order valence-electron chi connectivity index (χ1n) is 7.88. The van der Waals surface area contributed by atoms with Gasteiger partial charge < -0.3 is 14.5 Å². The smallest absolute Gasteiger partial charge is 0.349 e. The highest BCUT2D eigenvalue weighted by Gasteiger charge is 2.11. The van der Waals surface area contributed by atoms with Gasteiger partial charge in [0.2, 0.25) is 0 Å². The third kappa shape index (κ3) is 4.43. The minimum absolute atomic E-state index is 0.197. The number of halogens is 2. The highest BCUT2D eigenvalue weighted by Crippen LogP contribution is 2.28. The van der Waals surface area contributed by atoms with Crippen molar-refractivity contribution < 1.29 is 14.3 Å². The summed E-state index contributed by atoms with van der Waals surface area (Å²) in [4.78, 5) is 38.5. The van der Waals surface area contributed by atoms with Gasteiger partial charge in [-0.15, -0.1) is 4.68 Å². The fraction of sp³-hybridized carbons (Fsp3) is 0.111. The van der Waals surface area contributed by atoms with Crippen LogP contribution < -0.4 is 16.0 Å². The Balaban J connectivity index is 1.93. The van der Waals surface area contributed by atoms with Crippen LogP contribution in [0.25, 0.3) is 10.9 Å². The minimum atomic E-state index is -0.623. The maximum atomic E-state index is 12.5. The molecule has 28 heavy (non-hydrogen) atoms. The average Bonchev–Trinajstić information content (AvgIpc) is 2.67. The number of carbonyl (C=O) groups is 1. The van der Waals surface area contributed by atoms with Gasteiger partial charge in [-0.1, -0.05) is 12.1 Å². The monoisotopic (exact) mass is 605 g/mol. The molecule has 0 aliphatic rings. The Kier molecular flexibility index (Phi) is 6.49. The Morgan fingerprint density at radius 1 is 1.21 bits per heavy atom. The van der Waals surface area contributed by atoms with Gasteiger partial charge in [-0.3, -0.25) is 4.79 Å². The Hall–Kier alpha value is -2.22. The molecule has 2 aromatic carbocycles. The Labute approximate surface area is 185 Å². The quantitative estimate of drug-likeness (QED) is 0.274. The zero-order chi connectivity index (χ0) is 20.3. The van der Waals surface area contributed by atoms with Crippen LogP contribution in [0.15, 0.2) is 51.1 Å². The second-order valence-corrected chi connectivity index (χ2v) is 7.84. The van der Waals surface area contributed by atoms with Gasteiger partial charge in [-0.2, -0.15) is 5.10 Å². The Morgan fingerprint density at radius 2 is 1.89 bits per heavy atom. The van der Waals surface area contributed by atoms with Crippen molar-refractivity contribution in [2.24, 2.45) is 5.10 Å². The number of ether oxygens (including phenoxy) is 2. The highest BCUT2D eigenvalue weighted by molar-refractivity contribution is 14.1. The number of fused-ring (bicyclic) bond motifs is 1. The second kappa shape index (κ2) is 8.86. The SMILES string of the molecule is COC(=O)COc1c(I)cc(C=Nn2c(=O)[nH]c3ccccc3c2=O)cc1I. The molecule has 8 nitrogen and oxygen atoms in total. The summed E-state index contributed by atoms with van der Waals surface area (Å²) in [5.41, 5.74) is -0.000711. The summed E-state index contributed by atoms with van der Waals surface area (Å²) in [7, 11) is 1.29. The van der Waals surface area contributed by atoms with Gasteiger partial charge in [0.05, 0.1) is 31.4 Å². The molecule has 10 heteroatoms. The normalized spacial score (nSPS) is 11.1. The van der Waals surface area contributed by atoms with Crippen molar-refractivity contribution in [1.82, 2.24) is 9.66 Å². The van der Waals surface area contributed by atoms with Crippen molar-refractivity contribution in [2.75, 3.05) is 13.7 Å². The van der Waals surface area contributed by atoms with E-state index in [1.54, 1.807) is 36.4 Å². The lowest BCUT2D eigenvalue weighted by Crippen LogP contribution is -2.32. The van der Waals surface area contributed by atoms with E-state index in [2.05, 4.69) is 60.0 Å². The van der Waals surface area contributed by atoms with Crippen LogP contribution in [0.3, 0.4) is 0 Å². The molecule has 3 aromatic rings. The molecule has 0 unspecified atom stereocenters. The molecule has 0 aliphatic heterocycles. The molecule has 3 rings (SSSR count). The van der Waals surface area contributed by atoms with Gasteiger partial charge in [0.25, 0.3) is 5.56 Å². The van der Waals surface area contributed by atoms with Crippen LogP contribution in [-0.2, 0) is 9.53 Å². The summed E-state index contributed by atoms with van der Waals surface area (Å²) in [6, 6.07) is 10.3. The van der Waals surface area contributed by atoms with Crippen LogP contribution in [0.1, 0.15) is 5.56 Å². The number of nitrogens with zero attached hydrogens (tertiary/aromatic N) is 2. The zero-order valence-corrected chi connectivity index (χ0v) is 18.8. The minimum Gasteiger partial charge on any atom is -0.480 e. The number of aromatic amines is 1. The second-order valence-electron chi connectivity index (χ2n) is 5.52. The van der Waals surface area contributed by atoms with E-state index >= 15 is 0 Å². The van der Waals surface area contributed by atoms with Crippen LogP contribution in [0.5, 0.6) is 5.75 Å². The number of rotatable bonds is 5. The van der Waals surface area contributed by atoms with Crippen molar-refractivity contribution in [2.45, 2.75) is 0 Å². The number of carbonyl (C=O) groups excluding carboxylic acids is 1. The van der Waals surface area contributed by atoms with Gasteiger partial charge in [0.15, 0.2) is 6.61 Å². The van der Waals surface area contributed by atoms with E-state index in [4.69, 9.17) is 4.74 Å². The fourth-order valence-electron chi connectivity index (χ4n) is 2.36. The van der Waals surface area contributed by atoms with E-state index in [-0.39, 0.29) is 6.61 Å². The van der Waals surface area contributed by atoms with E-state index in [1.807, 2.05) is 0 Å². The zero-order valence-electron chi connectivity index (χ0n) is 14.4. The molecule has 144 valence electrons. The predicted molar refractivity (Wildman–Crippen MR) is 121 cm³/mol. The van der Waals surface area contributed by atoms with Crippen LogP contribution in [0.2, 0.25) is 0 Å². The summed E-state index contributed by atoms with van der Waals surface area (Å²) in [5.74, 6) is 0.0663. The van der Waals surface area contributed by atoms with Gasteiger partial charge in [0.1, 0.15) is 5.75 Å². The van der Waals surface area contributed by atoms with Crippen LogP contribution in [0.4, 0.5) is 0 Å². The molecule has 0 saturated heterocycles. The molecular formula is C18H13I2N3O5. The van der Waals surface area contributed by atoms with Crippen molar-refractivity contribution >= 4 is 68.3 Å². The number of hydrogen-bond donors (Lipinski definition) is 1. The lowest BCUT2D eigenvalue weighted by molar-refractivity contribution is -0.142. The van der Waals surface area contributed by atoms with Gasteiger partial charge >= 0.3 is 11.7 Å². The van der Waals surface area contributed by atoms with E-state index in [0.717, 1.165) is 11.8 Å². The van der Waals surface area contributed by atoms with Gasteiger partial charge in [0, 0.05) is 0 Å². The number of esters is 1. The fourth-order valence-corrected chi connectivity index (χ4v) is 4.49. The van der Waals surface area contributed by atoms with E-state index in [0.29, 0.717) is 22.2 Å². The lowest BCUT2D eigenvalue weighted by Gasteiger charge is -2.10. The molecule has 0 bridgehead atoms. The maximum absolute atomic E-state index is 12.5. The summed E-state index contributed by atoms with van der Waals surface area (Å²) >= 11 is 4.14. The lowest BCUT2D eigenvalue weighted by atomic mass is 10.2. The molecule has 0 radical (unpaired) electrons. The average molecular weight is 605 g/mol. The Morgan fingerprint density at radius 3 is 2.57 bits per heavy atom. The molecule has 0 saturated carbocycles. The van der Waals surface area contributed by atoms with Crippen molar-refractivity contribution in [3.05, 3.63) is 69.9 Å². The maximum Gasteiger partial charge on any atom is 0.349 e. The molecule has 1 N–H and O–H groups in total. The molecule has 0 aliphatic carbocycles. The Bertz CT molecular complexity index is 1180. The number of benzene rings is 2. The molecular weight excluding hydrogens is 592 g/mol. The summed E-state index contributed by atoms with van der Waals surface area (Å²) in [6.45, 7) is -0.197. The molecule has 0 atom stereocenters. The molecule has 1 heterocycles. The van der Waals surface area contributed by atoms with Gasteiger partial charge in [-0.25, -0.2) is 9.59 Å². The van der Waals surface area contributed by atoms with Crippen molar-refractivity contribution in [3.63, 3.8) is 0 Å². The standard InChI is InChI=1S/C18H13I2N3O5/c1-27-15(24)9-28-16-12(19)6-10(7-13(16)20)8-21-23-17(25)11-4-2-3-5-14(11)22-18(23)26/h2-8H,9H2,1H3,(H,22,26). The predicted octanol–water partition coefficient (Wildman–Crippen LogP) is 2.33. The first kappa shape index (κ1) is 20.5. The third-order valence-electron chi connectivity index (χ3n) is 3.69. The number of H-pyrrole nitrogens is 1. The molecule has 0 amide bonds. The topological polar surface area (TPSA) is 103 Å². The highest BCUT2D eigenvalue weighted by atomic mass is 127. The summed E-state index contributed by atoms with van der Waals surface area (Å²) in [6.07, 6.45) is 1.42. The first-order chi connectivity index (χ1) is 13.4. The van der Waals surface area contributed by atoms with Crippen LogP contribution >= 0.6 is 45.2 Å². The van der Waals surface area contributed by atoms with Gasteiger partial charge in [-0.05, 0) is 75.0 Å². The first-order valence-corrected chi connectivity index (χ1v) is 10.0. The van der Waals surface area contributed by atoms with Crippen LogP contribution in [0, 0.1) is 7.14 Å². The van der Waals surface area contributed by atoms with E-state index in [9.17, 15) is 14.4 Å². The van der Waals surface area contributed by atoms with Crippen molar-refractivity contribution in [3.8, 4) is 5.75 Å². The third-order valence-corrected chi connectivity index (χ3v) is 5.29. The van der Waals surface area contributed by atoms with Crippen molar-refractivity contribution in [1.29, 1.82) is 0 Å².